The van der Waals surface area contributed by atoms with Gasteiger partial charge in [0.25, 0.3) is 0 Å². The van der Waals surface area contributed by atoms with Crippen molar-refractivity contribution in [3.63, 3.8) is 0 Å². The minimum atomic E-state index is -1.94. The van der Waals surface area contributed by atoms with Crippen molar-refractivity contribution < 1.29 is 37.7 Å². The average molecular weight is 394 g/mol. The summed E-state index contributed by atoms with van der Waals surface area (Å²) in [7, 11) is 3.67. The lowest BCUT2D eigenvalue weighted by atomic mass is 9.97. The van der Waals surface area contributed by atoms with Crippen molar-refractivity contribution in [1.29, 1.82) is 0 Å². The average Bonchev–Trinajstić information content (AvgIpc) is 3.02. The van der Waals surface area contributed by atoms with Crippen LogP contribution in [-0.4, -0.2) is 90.3 Å². The molecule has 2 amide bonds. The quantitative estimate of drug-likeness (QED) is 0.184. The van der Waals surface area contributed by atoms with Crippen molar-refractivity contribution >= 4 is 22.5 Å². The molecule has 0 saturated carbocycles. The molecule has 1 aliphatic heterocycles. The number of carbonyl (C=O) groups excluding carboxylic acids is 1. The van der Waals surface area contributed by atoms with Gasteiger partial charge in [0.15, 0.2) is 0 Å². The summed E-state index contributed by atoms with van der Waals surface area (Å²) in [5, 5.41) is 2.41. The van der Waals surface area contributed by atoms with Crippen LogP contribution in [0.1, 0.15) is 12.8 Å². The van der Waals surface area contributed by atoms with Gasteiger partial charge in [-0.2, -0.15) is 0 Å². The normalized spacial score (nSPS) is 21.0. The van der Waals surface area contributed by atoms with Gasteiger partial charge in [-0.05, 0) is 12.8 Å². The summed E-state index contributed by atoms with van der Waals surface area (Å²) in [5.74, 6) is 0. The molecule has 10 nitrogen and oxygen atoms in total. The van der Waals surface area contributed by atoms with E-state index in [0.29, 0.717) is 46.2 Å². The number of carbonyl (C=O) groups is 1. The third-order valence-corrected chi connectivity index (χ3v) is 4.00. The van der Waals surface area contributed by atoms with E-state index in [-0.39, 0.29) is 25.3 Å². The first kappa shape index (κ1) is 23.5. The van der Waals surface area contributed by atoms with Crippen molar-refractivity contribution in [1.82, 2.24) is 5.32 Å². The van der Waals surface area contributed by atoms with Gasteiger partial charge in [0.1, 0.15) is 7.85 Å². The van der Waals surface area contributed by atoms with E-state index in [4.69, 9.17) is 41.6 Å². The van der Waals surface area contributed by atoms with Crippen LogP contribution in [0.25, 0.3) is 0 Å². The summed E-state index contributed by atoms with van der Waals surface area (Å²) in [6.07, 6.45) is 1.54. The summed E-state index contributed by atoms with van der Waals surface area (Å²) < 4.78 is 31.5. The Kier molecular flexibility index (Phi) is 14.1. The molecule has 0 aromatic heterocycles. The minimum Gasteiger partial charge on any atom is -0.382 e. The van der Waals surface area contributed by atoms with E-state index in [1.165, 1.54) is 0 Å². The fourth-order valence-corrected chi connectivity index (χ4v) is 2.60. The zero-order valence-corrected chi connectivity index (χ0v) is 15.7. The molecule has 150 valence electrons. The maximum atomic E-state index is 10.4. The molecule has 1 fully saturated rings. The Bertz CT molecular complexity index is 372. The Morgan fingerprint density at radius 2 is 1.69 bits per heavy atom. The molecule has 1 heterocycles. The van der Waals surface area contributed by atoms with Crippen molar-refractivity contribution in [2.24, 2.45) is 5.73 Å². The Labute approximate surface area is 156 Å². The van der Waals surface area contributed by atoms with E-state index in [2.05, 4.69) is 5.32 Å². The van der Waals surface area contributed by atoms with Gasteiger partial charge in [0.2, 0.25) is 0 Å². The predicted molar refractivity (Wildman–Crippen MR) is 94.7 cm³/mol. The number of ether oxygens (including phenoxy) is 4. The molecule has 4 N–H and O–H groups in total. The van der Waals surface area contributed by atoms with Gasteiger partial charge in [0.05, 0.1) is 59.0 Å². The zero-order valence-electron chi connectivity index (χ0n) is 14.8. The Balaban J connectivity index is 1.75. The van der Waals surface area contributed by atoms with Gasteiger partial charge in [-0.25, -0.2) is 4.79 Å². The van der Waals surface area contributed by atoms with Crippen LogP contribution >= 0.6 is 8.60 Å². The number of nitrogens with two attached hydrogens (primary N) is 1. The Hall–Kier alpha value is -0.515. The zero-order chi connectivity index (χ0) is 19.0. The minimum absolute atomic E-state index is 0.0810. The summed E-state index contributed by atoms with van der Waals surface area (Å²) in [4.78, 5) is 20.0. The third kappa shape index (κ3) is 13.7. The van der Waals surface area contributed by atoms with E-state index in [1.807, 2.05) is 0 Å². The molecule has 12 heteroatoms. The smallest absolute Gasteiger partial charge is 0.330 e. The van der Waals surface area contributed by atoms with Gasteiger partial charge in [-0.3, -0.25) is 0 Å². The molecule has 2 radical (unpaired) electrons. The lowest BCUT2D eigenvalue weighted by Crippen LogP contribution is -2.32. The van der Waals surface area contributed by atoms with E-state index in [1.54, 1.807) is 0 Å². The highest BCUT2D eigenvalue weighted by molar-refractivity contribution is 7.40. The molecule has 3 atom stereocenters. The molecule has 1 aliphatic rings. The van der Waals surface area contributed by atoms with Crippen LogP contribution in [0, 0.1) is 0 Å². The second kappa shape index (κ2) is 15.5. The highest BCUT2D eigenvalue weighted by Gasteiger charge is 2.22. The summed E-state index contributed by atoms with van der Waals surface area (Å²) >= 11 is 0. The Morgan fingerprint density at radius 1 is 1.08 bits per heavy atom. The molecular weight excluding hydrogens is 366 g/mol. The first-order chi connectivity index (χ1) is 12.6. The van der Waals surface area contributed by atoms with E-state index in [9.17, 15) is 9.69 Å². The molecule has 0 aliphatic carbocycles. The lowest BCUT2D eigenvalue weighted by Gasteiger charge is -2.14. The molecule has 1 rings (SSSR count). The van der Waals surface area contributed by atoms with Crippen molar-refractivity contribution in [2.45, 2.75) is 24.9 Å². The standard InChI is InChI=1S/C14H28BN2O8P/c15-13-2-1-12(25-13)11-24-26(19)23-10-9-22-8-7-21-6-5-20-4-3-17-14(16)18/h12-13,19H,1-11H2,(H3,16,17,18). The fourth-order valence-electron chi connectivity index (χ4n) is 2.00. The van der Waals surface area contributed by atoms with E-state index >= 15 is 0 Å². The topological polar surface area (TPSA) is 131 Å². The maximum Gasteiger partial charge on any atom is 0.330 e. The van der Waals surface area contributed by atoms with Crippen molar-refractivity contribution in [3.8, 4) is 0 Å². The van der Waals surface area contributed by atoms with Crippen LogP contribution in [0.5, 0.6) is 0 Å². The van der Waals surface area contributed by atoms with Gasteiger partial charge < -0.3 is 43.9 Å². The van der Waals surface area contributed by atoms with Crippen LogP contribution in [0.2, 0.25) is 0 Å². The van der Waals surface area contributed by atoms with Gasteiger partial charge >= 0.3 is 14.6 Å². The van der Waals surface area contributed by atoms with Gasteiger partial charge in [-0.15, -0.1) is 0 Å². The number of rotatable bonds is 16. The van der Waals surface area contributed by atoms with E-state index in [0.717, 1.165) is 12.8 Å². The molecule has 0 aromatic rings. The summed E-state index contributed by atoms with van der Waals surface area (Å²) in [5.41, 5.74) is 4.90. The molecule has 3 unspecified atom stereocenters. The first-order valence-electron chi connectivity index (χ1n) is 8.50. The summed E-state index contributed by atoms with van der Waals surface area (Å²) in [6.45, 7) is 3.26. The monoisotopic (exact) mass is 394 g/mol. The predicted octanol–water partition coefficient (Wildman–Crippen LogP) is -0.369. The highest BCUT2D eigenvalue weighted by Crippen LogP contribution is 2.33. The molecule has 0 spiro atoms. The van der Waals surface area contributed by atoms with Crippen LogP contribution in [-0.2, 0) is 28.0 Å². The van der Waals surface area contributed by atoms with Crippen LogP contribution < -0.4 is 11.1 Å². The molecule has 0 bridgehead atoms. The van der Waals surface area contributed by atoms with Crippen LogP contribution in [0.3, 0.4) is 0 Å². The van der Waals surface area contributed by atoms with Crippen LogP contribution in [0.4, 0.5) is 4.79 Å². The SMILES string of the molecule is [B]C1CCC(COP(O)OCCOCCOCCOCCNC(N)=O)O1. The van der Waals surface area contributed by atoms with Crippen LogP contribution in [0.15, 0.2) is 0 Å². The molecular formula is C14H28BN2O8P. The lowest BCUT2D eigenvalue weighted by molar-refractivity contribution is 0.00743. The summed E-state index contributed by atoms with van der Waals surface area (Å²) in [6, 6.07) is -0.811. The number of amides is 2. The second-order valence-electron chi connectivity index (χ2n) is 5.37. The van der Waals surface area contributed by atoms with Gasteiger partial charge in [0, 0.05) is 12.5 Å². The van der Waals surface area contributed by atoms with Crippen molar-refractivity contribution in [2.75, 3.05) is 59.4 Å². The molecule has 1 saturated heterocycles. The first-order valence-corrected chi connectivity index (χ1v) is 9.63. The highest BCUT2D eigenvalue weighted by atomic mass is 31.2. The van der Waals surface area contributed by atoms with Crippen molar-refractivity contribution in [3.05, 3.63) is 0 Å². The maximum absolute atomic E-state index is 10.4. The largest absolute Gasteiger partial charge is 0.382 e. The molecule has 0 aromatic carbocycles. The number of hydrogen-bond acceptors (Lipinski definition) is 8. The Morgan fingerprint density at radius 3 is 2.27 bits per heavy atom. The number of nitrogens with one attached hydrogen (secondary N) is 1. The second-order valence-corrected chi connectivity index (χ2v) is 6.36. The number of urea groups is 1. The molecule has 26 heavy (non-hydrogen) atoms. The number of primary amides is 1. The van der Waals surface area contributed by atoms with E-state index < -0.39 is 14.6 Å². The van der Waals surface area contributed by atoms with Gasteiger partial charge in [-0.1, -0.05) is 0 Å². The number of hydrogen-bond donors (Lipinski definition) is 3. The third-order valence-electron chi connectivity index (χ3n) is 3.23. The fraction of sp³-hybridized carbons (Fsp3) is 0.929.